The number of halogens is 1. The SMILES string of the molecule is O=Cc1cccc(Br)c1OC1CCOC2(CCSCC2)C1. The Bertz CT molecular complexity index is 509. The number of rotatable bonds is 3. The second-order valence-corrected chi connectivity index (χ2v) is 7.73. The van der Waals surface area contributed by atoms with Crippen molar-refractivity contribution in [3.8, 4) is 5.75 Å². The van der Waals surface area contributed by atoms with Crippen LogP contribution in [0.2, 0.25) is 0 Å². The Morgan fingerprint density at radius 1 is 1.38 bits per heavy atom. The highest BCUT2D eigenvalue weighted by Crippen LogP contribution is 2.39. The van der Waals surface area contributed by atoms with Gasteiger partial charge in [0.15, 0.2) is 6.29 Å². The van der Waals surface area contributed by atoms with Gasteiger partial charge in [-0.2, -0.15) is 11.8 Å². The molecule has 114 valence electrons. The van der Waals surface area contributed by atoms with Crippen molar-refractivity contribution < 1.29 is 14.3 Å². The number of carbonyl (C=O) groups excluding carboxylic acids is 1. The van der Waals surface area contributed by atoms with Crippen LogP contribution in [0.1, 0.15) is 36.0 Å². The van der Waals surface area contributed by atoms with Crippen LogP contribution in [0, 0.1) is 0 Å². The van der Waals surface area contributed by atoms with Gasteiger partial charge in [0.25, 0.3) is 0 Å². The average Bonchev–Trinajstić information content (AvgIpc) is 2.50. The van der Waals surface area contributed by atoms with E-state index < -0.39 is 0 Å². The van der Waals surface area contributed by atoms with Crippen molar-refractivity contribution in [2.45, 2.75) is 37.4 Å². The molecule has 2 heterocycles. The highest BCUT2D eigenvalue weighted by Gasteiger charge is 2.39. The molecule has 0 aromatic heterocycles. The van der Waals surface area contributed by atoms with Crippen LogP contribution in [0.25, 0.3) is 0 Å². The van der Waals surface area contributed by atoms with Gasteiger partial charge in [-0.05, 0) is 52.4 Å². The molecule has 3 rings (SSSR count). The zero-order valence-electron chi connectivity index (χ0n) is 11.8. The molecule has 0 radical (unpaired) electrons. The summed E-state index contributed by atoms with van der Waals surface area (Å²) in [6.07, 6.45) is 5.00. The number of hydrogen-bond donors (Lipinski definition) is 0. The molecule has 1 aromatic rings. The first-order valence-electron chi connectivity index (χ1n) is 7.34. The molecule has 3 nitrogen and oxygen atoms in total. The molecule has 1 aromatic carbocycles. The summed E-state index contributed by atoms with van der Waals surface area (Å²) in [5.41, 5.74) is 0.598. The second-order valence-electron chi connectivity index (χ2n) is 5.65. The van der Waals surface area contributed by atoms with Crippen molar-refractivity contribution in [3.05, 3.63) is 28.2 Å². The molecule has 2 aliphatic heterocycles. The normalized spacial score (nSPS) is 24.7. The van der Waals surface area contributed by atoms with Crippen LogP contribution in [0.15, 0.2) is 22.7 Å². The average molecular weight is 371 g/mol. The van der Waals surface area contributed by atoms with E-state index in [-0.39, 0.29) is 11.7 Å². The van der Waals surface area contributed by atoms with Crippen molar-refractivity contribution in [3.63, 3.8) is 0 Å². The molecule has 21 heavy (non-hydrogen) atoms. The number of carbonyl (C=O) groups is 1. The van der Waals surface area contributed by atoms with Crippen LogP contribution in [0.3, 0.4) is 0 Å². The molecule has 1 atom stereocenters. The van der Waals surface area contributed by atoms with Crippen LogP contribution < -0.4 is 4.74 Å². The summed E-state index contributed by atoms with van der Waals surface area (Å²) in [5, 5.41) is 0. The second kappa shape index (κ2) is 6.71. The molecule has 5 heteroatoms. The summed E-state index contributed by atoms with van der Waals surface area (Å²) in [4.78, 5) is 11.2. The highest BCUT2D eigenvalue weighted by molar-refractivity contribution is 9.10. The molecular formula is C16H19BrO3S. The summed E-state index contributed by atoms with van der Waals surface area (Å²) in [6, 6.07) is 5.55. The fourth-order valence-electron chi connectivity index (χ4n) is 3.08. The zero-order valence-corrected chi connectivity index (χ0v) is 14.2. The highest BCUT2D eigenvalue weighted by atomic mass is 79.9. The van der Waals surface area contributed by atoms with Crippen molar-refractivity contribution in [1.29, 1.82) is 0 Å². The monoisotopic (exact) mass is 370 g/mol. The largest absolute Gasteiger partial charge is 0.488 e. The summed E-state index contributed by atoms with van der Waals surface area (Å²) in [5.74, 6) is 3.00. The standard InChI is InChI=1S/C16H19BrO3S/c17-14-3-1-2-12(11-18)15(14)20-13-4-7-19-16(10-13)5-8-21-9-6-16/h1-3,11,13H,4-10H2. The molecule has 0 bridgehead atoms. The van der Waals surface area contributed by atoms with Crippen molar-refractivity contribution in [2.75, 3.05) is 18.1 Å². The molecule has 0 saturated carbocycles. The van der Waals surface area contributed by atoms with Gasteiger partial charge >= 0.3 is 0 Å². The van der Waals surface area contributed by atoms with Crippen LogP contribution in [0.5, 0.6) is 5.75 Å². The molecule has 2 aliphatic rings. The van der Waals surface area contributed by atoms with Crippen molar-refractivity contribution in [1.82, 2.24) is 0 Å². The number of thioether (sulfide) groups is 1. The fraction of sp³-hybridized carbons (Fsp3) is 0.562. The summed E-state index contributed by atoms with van der Waals surface area (Å²) in [7, 11) is 0. The molecule has 0 amide bonds. The molecule has 0 aliphatic carbocycles. The first kappa shape index (κ1) is 15.4. The van der Waals surface area contributed by atoms with Gasteiger partial charge in [0, 0.05) is 12.8 Å². The quantitative estimate of drug-likeness (QED) is 0.750. The van der Waals surface area contributed by atoms with Crippen LogP contribution in [-0.4, -0.2) is 36.1 Å². The fourth-order valence-corrected chi connectivity index (χ4v) is 4.80. The minimum Gasteiger partial charge on any atom is -0.488 e. The van der Waals surface area contributed by atoms with E-state index in [4.69, 9.17) is 9.47 Å². The first-order valence-corrected chi connectivity index (χ1v) is 9.29. The maximum Gasteiger partial charge on any atom is 0.153 e. The van der Waals surface area contributed by atoms with Gasteiger partial charge in [0.1, 0.15) is 11.9 Å². The van der Waals surface area contributed by atoms with Crippen LogP contribution in [0.4, 0.5) is 0 Å². The number of hydrogen-bond acceptors (Lipinski definition) is 4. The zero-order chi connectivity index (χ0) is 14.7. The van der Waals surface area contributed by atoms with E-state index in [1.807, 2.05) is 23.9 Å². The Morgan fingerprint density at radius 2 is 2.19 bits per heavy atom. The van der Waals surface area contributed by atoms with Gasteiger partial charge in [-0.1, -0.05) is 6.07 Å². The molecule has 1 unspecified atom stereocenters. The lowest BCUT2D eigenvalue weighted by molar-refractivity contribution is -0.116. The summed E-state index contributed by atoms with van der Waals surface area (Å²) >= 11 is 5.49. The van der Waals surface area contributed by atoms with Gasteiger partial charge in [0.05, 0.1) is 22.2 Å². The minimum absolute atomic E-state index is 0.00321. The maximum atomic E-state index is 11.2. The minimum atomic E-state index is -0.00321. The first-order chi connectivity index (χ1) is 10.2. The smallest absolute Gasteiger partial charge is 0.153 e. The van der Waals surface area contributed by atoms with E-state index in [9.17, 15) is 4.79 Å². The third-order valence-corrected chi connectivity index (χ3v) is 5.87. The van der Waals surface area contributed by atoms with E-state index >= 15 is 0 Å². The van der Waals surface area contributed by atoms with Gasteiger partial charge in [-0.25, -0.2) is 0 Å². The predicted molar refractivity (Wildman–Crippen MR) is 88.4 cm³/mol. The number of ether oxygens (including phenoxy) is 2. The lowest BCUT2D eigenvalue weighted by Crippen LogP contribution is -2.46. The lowest BCUT2D eigenvalue weighted by Gasteiger charge is -2.43. The van der Waals surface area contributed by atoms with E-state index in [1.54, 1.807) is 6.07 Å². The maximum absolute atomic E-state index is 11.2. The van der Waals surface area contributed by atoms with Gasteiger partial charge < -0.3 is 9.47 Å². The molecule has 2 fully saturated rings. The van der Waals surface area contributed by atoms with E-state index in [2.05, 4.69) is 15.9 Å². The number of aldehydes is 1. The molecule has 0 N–H and O–H groups in total. The predicted octanol–water partition coefficient (Wildman–Crippen LogP) is 4.09. The van der Waals surface area contributed by atoms with Crippen molar-refractivity contribution in [2.24, 2.45) is 0 Å². The van der Waals surface area contributed by atoms with E-state index in [0.29, 0.717) is 11.3 Å². The summed E-state index contributed by atoms with van der Waals surface area (Å²) in [6.45, 7) is 0.746. The third kappa shape index (κ3) is 3.46. The van der Waals surface area contributed by atoms with E-state index in [1.165, 1.54) is 11.5 Å². The number of benzene rings is 1. The topological polar surface area (TPSA) is 35.5 Å². The Labute approximate surface area is 137 Å². The van der Waals surface area contributed by atoms with Gasteiger partial charge in [-0.15, -0.1) is 0 Å². The van der Waals surface area contributed by atoms with Crippen molar-refractivity contribution >= 4 is 34.0 Å². The molecular weight excluding hydrogens is 352 g/mol. The van der Waals surface area contributed by atoms with Crippen LogP contribution in [-0.2, 0) is 4.74 Å². The number of para-hydroxylation sites is 1. The molecule has 1 spiro atoms. The van der Waals surface area contributed by atoms with Gasteiger partial charge in [0.2, 0.25) is 0 Å². The lowest BCUT2D eigenvalue weighted by atomic mass is 9.86. The third-order valence-electron chi connectivity index (χ3n) is 4.26. The Balaban J connectivity index is 1.74. The van der Waals surface area contributed by atoms with Gasteiger partial charge in [-0.3, -0.25) is 4.79 Å². The Morgan fingerprint density at radius 3 is 2.95 bits per heavy atom. The Hall–Kier alpha value is -0.520. The van der Waals surface area contributed by atoms with Crippen LogP contribution >= 0.6 is 27.7 Å². The van der Waals surface area contributed by atoms with E-state index in [0.717, 1.165) is 43.0 Å². The Kier molecular flexibility index (Phi) is 4.92. The molecule has 2 saturated heterocycles. The summed E-state index contributed by atoms with van der Waals surface area (Å²) < 4.78 is 13.1.